The molecule has 7 nitrogen and oxygen atoms in total. The quantitative estimate of drug-likeness (QED) is 0.867. The third kappa shape index (κ3) is 3.37. The number of hydrogen-bond acceptors (Lipinski definition) is 6. The van der Waals surface area contributed by atoms with E-state index in [-0.39, 0.29) is 30.0 Å². The van der Waals surface area contributed by atoms with E-state index in [2.05, 4.69) is 15.5 Å². The van der Waals surface area contributed by atoms with Gasteiger partial charge in [-0.3, -0.25) is 9.59 Å². The number of carbonyl (C=O) groups excluding carboxylic acids is 2. The van der Waals surface area contributed by atoms with Gasteiger partial charge in [-0.15, -0.1) is 10.2 Å². The summed E-state index contributed by atoms with van der Waals surface area (Å²) in [7, 11) is 0. The number of nitrogens with one attached hydrogen (secondary N) is 1. The summed E-state index contributed by atoms with van der Waals surface area (Å²) in [6.45, 7) is 3.56. The molecule has 0 bridgehead atoms. The van der Waals surface area contributed by atoms with Crippen molar-refractivity contribution in [3.05, 3.63) is 30.2 Å². The minimum absolute atomic E-state index is 0.0968. The van der Waals surface area contributed by atoms with E-state index in [9.17, 15) is 9.59 Å². The highest BCUT2D eigenvalue weighted by atomic mass is 32.2. The van der Waals surface area contributed by atoms with Gasteiger partial charge in [0.2, 0.25) is 17.7 Å². The van der Waals surface area contributed by atoms with Crippen LogP contribution >= 0.6 is 11.8 Å². The summed E-state index contributed by atoms with van der Waals surface area (Å²) in [5, 5.41) is 10.8. The Kier molecular flexibility index (Phi) is 4.33. The molecule has 1 aliphatic rings. The van der Waals surface area contributed by atoms with Gasteiger partial charge < -0.3 is 14.6 Å². The predicted octanol–water partition coefficient (Wildman–Crippen LogP) is 2.23. The van der Waals surface area contributed by atoms with Gasteiger partial charge in [0.25, 0.3) is 5.22 Å². The molecule has 0 fully saturated rings. The van der Waals surface area contributed by atoms with E-state index in [1.165, 1.54) is 11.8 Å². The maximum Gasteiger partial charge on any atom is 0.277 e. The molecule has 2 amide bonds. The number of fused-ring (bicyclic) bond motifs is 1. The molecule has 8 heteroatoms. The molecule has 1 aromatic heterocycles. The van der Waals surface area contributed by atoms with E-state index in [4.69, 9.17) is 4.42 Å². The molecule has 0 saturated carbocycles. The fraction of sp³-hybridized carbons (Fsp3) is 0.333. The van der Waals surface area contributed by atoms with Crippen LogP contribution in [0.5, 0.6) is 0 Å². The first-order chi connectivity index (χ1) is 11.0. The molecule has 1 aromatic carbocycles. The molecule has 0 radical (unpaired) electrons. The summed E-state index contributed by atoms with van der Waals surface area (Å²) in [6, 6.07) is 7.07. The van der Waals surface area contributed by atoms with Crippen molar-refractivity contribution >= 4 is 35.0 Å². The predicted molar refractivity (Wildman–Crippen MR) is 86.4 cm³/mol. The lowest BCUT2D eigenvalue weighted by Crippen LogP contribution is -2.40. The van der Waals surface area contributed by atoms with E-state index in [0.29, 0.717) is 22.5 Å². The summed E-state index contributed by atoms with van der Waals surface area (Å²) in [6.07, 6.45) is 0.255. The molecule has 120 valence electrons. The van der Waals surface area contributed by atoms with E-state index in [1.807, 2.05) is 25.1 Å². The number of amides is 2. The van der Waals surface area contributed by atoms with Crippen LogP contribution < -0.4 is 10.2 Å². The number of benzene rings is 1. The Bertz CT molecular complexity index is 746. The van der Waals surface area contributed by atoms with Gasteiger partial charge >= 0.3 is 0 Å². The lowest BCUT2D eigenvalue weighted by Gasteiger charge is -2.27. The first-order valence-corrected chi connectivity index (χ1v) is 8.17. The molecule has 2 aromatic rings. The molecule has 0 unspecified atom stereocenters. The first-order valence-electron chi connectivity index (χ1n) is 7.18. The van der Waals surface area contributed by atoms with Gasteiger partial charge in [-0.1, -0.05) is 23.9 Å². The summed E-state index contributed by atoms with van der Waals surface area (Å²) in [4.78, 5) is 26.3. The second-order valence-electron chi connectivity index (χ2n) is 5.26. The van der Waals surface area contributed by atoms with Crippen molar-refractivity contribution < 1.29 is 14.0 Å². The van der Waals surface area contributed by atoms with Crippen molar-refractivity contribution in [1.29, 1.82) is 0 Å². The maximum atomic E-state index is 12.7. The molecule has 0 saturated heterocycles. The van der Waals surface area contributed by atoms with Gasteiger partial charge in [-0.2, -0.15) is 0 Å². The zero-order chi connectivity index (χ0) is 16.4. The number of carbonyl (C=O) groups is 2. The molecule has 1 aliphatic heterocycles. The topological polar surface area (TPSA) is 88.3 Å². The molecular weight excluding hydrogens is 316 g/mol. The zero-order valence-electron chi connectivity index (χ0n) is 12.8. The monoisotopic (exact) mass is 332 g/mol. The number of thioether (sulfide) groups is 1. The van der Waals surface area contributed by atoms with Crippen molar-refractivity contribution in [3.8, 4) is 0 Å². The number of anilines is 2. The van der Waals surface area contributed by atoms with E-state index < -0.39 is 0 Å². The normalized spacial score (nSPS) is 17.4. The highest BCUT2D eigenvalue weighted by Gasteiger charge is 2.29. The summed E-state index contributed by atoms with van der Waals surface area (Å²) >= 11 is 1.19. The molecule has 3 rings (SSSR count). The van der Waals surface area contributed by atoms with Crippen LogP contribution in [0.2, 0.25) is 0 Å². The molecule has 1 N–H and O–H groups in total. The average molecular weight is 332 g/mol. The molecule has 2 heterocycles. The minimum atomic E-state index is -0.226. The smallest absolute Gasteiger partial charge is 0.277 e. The number of hydrogen-bond donors (Lipinski definition) is 1. The molecule has 0 aliphatic carbocycles. The summed E-state index contributed by atoms with van der Waals surface area (Å²) < 4.78 is 5.26. The standard InChI is InChI=1S/C15H16N4O3S/c1-9-7-13(20)16-11-5-3-4-6-12(11)19(9)14(21)8-23-15-18-17-10(2)22-15/h3-6,9H,7-8H2,1-2H3,(H,16,20)/t9-/m0/s1. The fourth-order valence-electron chi connectivity index (χ4n) is 2.50. The molecular formula is C15H16N4O3S. The van der Waals surface area contributed by atoms with Crippen LogP contribution in [0, 0.1) is 6.92 Å². The van der Waals surface area contributed by atoms with E-state index in [1.54, 1.807) is 17.9 Å². The van der Waals surface area contributed by atoms with Crippen molar-refractivity contribution in [3.63, 3.8) is 0 Å². The van der Waals surface area contributed by atoms with Crippen molar-refractivity contribution in [1.82, 2.24) is 10.2 Å². The average Bonchev–Trinajstić information content (AvgIpc) is 2.86. The Labute approximate surface area is 137 Å². The second-order valence-corrected chi connectivity index (χ2v) is 6.18. The van der Waals surface area contributed by atoms with Crippen LogP contribution in [0.1, 0.15) is 19.2 Å². The summed E-state index contributed by atoms with van der Waals surface area (Å²) in [5.41, 5.74) is 1.35. The SMILES string of the molecule is Cc1nnc(SCC(=O)N2c3ccccc3NC(=O)C[C@@H]2C)o1. The zero-order valence-corrected chi connectivity index (χ0v) is 13.6. The molecule has 23 heavy (non-hydrogen) atoms. The molecule has 1 atom stereocenters. The van der Waals surface area contributed by atoms with Crippen molar-refractivity contribution in [2.24, 2.45) is 0 Å². The Morgan fingerprint density at radius 2 is 2.22 bits per heavy atom. The lowest BCUT2D eigenvalue weighted by molar-refractivity contribution is -0.117. The number of para-hydroxylation sites is 2. The van der Waals surface area contributed by atoms with Crippen LogP contribution in [0.25, 0.3) is 0 Å². The van der Waals surface area contributed by atoms with Gasteiger partial charge in [-0.05, 0) is 19.1 Å². The number of nitrogens with zero attached hydrogens (tertiary/aromatic N) is 3. The number of aromatic nitrogens is 2. The van der Waals surface area contributed by atoms with Gasteiger partial charge in [0.15, 0.2) is 0 Å². The maximum absolute atomic E-state index is 12.7. The summed E-state index contributed by atoms with van der Waals surface area (Å²) in [5.74, 6) is 0.417. The van der Waals surface area contributed by atoms with Crippen LogP contribution in [-0.2, 0) is 9.59 Å². The Morgan fingerprint density at radius 3 is 2.96 bits per heavy atom. The minimum Gasteiger partial charge on any atom is -0.416 e. The number of aryl methyl sites for hydroxylation is 1. The van der Waals surface area contributed by atoms with E-state index >= 15 is 0 Å². The third-order valence-corrected chi connectivity index (χ3v) is 4.26. The molecule has 0 spiro atoms. The second kappa shape index (κ2) is 6.41. The first kappa shape index (κ1) is 15.5. The highest BCUT2D eigenvalue weighted by Crippen LogP contribution is 2.32. The van der Waals surface area contributed by atoms with Crippen LogP contribution in [0.4, 0.5) is 11.4 Å². The number of rotatable bonds is 3. The Morgan fingerprint density at radius 1 is 1.43 bits per heavy atom. The highest BCUT2D eigenvalue weighted by molar-refractivity contribution is 7.99. The van der Waals surface area contributed by atoms with Crippen LogP contribution in [0.3, 0.4) is 0 Å². The van der Waals surface area contributed by atoms with Gasteiger partial charge in [0.05, 0.1) is 17.1 Å². The van der Waals surface area contributed by atoms with Gasteiger partial charge in [-0.25, -0.2) is 0 Å². The van der Waals surface area contributed by atoms with Crippen LogP contribution in [-0.4, -0.2) is 33.8 Å². The third-order valence-electron chi connectivity index (χ3n) is 3.45. The van der Waals surface area contributed by atoms with Gasteiger partial charge in [0.1, 0.15) is 0 Å². The van der Waals surface area contributed by atoms with E-state index in [0.717, 1.165) is 0 Å². The lowest BCUT2D eigenvalue weighted by atomic mass is 10.2. The largest absolute Gasteiger partial charge is 0.416 e. The van der Waals surface area contributed by atoms with Crippen molar-refractivity contribution in [2.75, 3.05) is 16.0 Å². The Hall–Kier alpha value is -2.35. The van der Waals surface area contributed by atoms with Crippen molar-refractivity contribution in [2.45, 2.75) is 31.5 Å². The van der Waals surface area contributed by atoms with Gasteiger partial charge in [0, 0.05) is 19.4 Å². The Balaban J connectivity index is 1.81. The van der Waals surface area contributed by atoms with Crippen LogP contribution in [0.15, 0.2) is 33.9 Å². The fourth-order valence-corrected chi connectivity index (χ4v) is 3.16.